The van der Waals surface area contributed by atoms with Crippen LogP contribution < -0.4 is 10.1 Å². The molecular weight excluding hydrogens is 340 g/mol. The SMILES string of the molecule is COc1ccc(-n2nnnc2SCC(=O)N[C@](C)(C#N)C(C)C)cc1. The molecule has 25 heavy (non-hydrogen) atoms. The number of benzene rings is 1. The van der Waals surface area contributed by atoms with Crippen molar-refractivity contribution in [1.29, 1.82) is 5.26 Å². The molecule has 1 amide bonds. The first kappa shape index (κ1) is 18.7. The number of nitriles is 1. The molecule has 1 atom stereocenters. The van der Waals surface area contributed by atoms with Crippen molar-refractivity contribution >= 4 is 17.7 Å². The van der Waals surface area contributed by atoms with E-state index >= 15 is 0 Å². The van der Waals surface area contributed by atoms with Gasteiger partial charge in [-0.15, -0.1) is 5.10 Å². The molecule has 0 unspecified atom stereocenters. The number of hydrogen-bond acceptors (Lipinski definition) is 7. The monoisotopic (exact) mass is 360 g/mol. The van der Waals surface area contributed by atoms with E-state index in [0.29, 0.717) is 5.16 Å². The summed E-state index contributed by atoms with van der Waals surface area (Å²) < 4.78 is 6.67. The van der Waals surface area contributed by atoms with Crippen LogP contribution >= 0.6 is 11.8 Å². The number of tetrazole rings is 1. The van der Waals surface area contributed by atoms with Gasteiger partial charge in [-0.25, -0.2) is 0 Å². The van der Waals surface area contributed by atoms with Crippen molar-refractivity contribution < 1.29 is 9.53 Å². The van der Waals surface area contributed by atoms with Gasteiger partial charge in [0.2, 0.25) is 11.1 Å². The van der Waals surface area contributed by atoms with E-state index in [-0.39, 0.29) is 17.6 Å². The molecule has 0 aliphatic rings. The molecule has 0 bridgehead atoms. The second kappa shape index (κ2) is 7.98. The van der Waals surface area contributed by atoms with E-state index in [2.05, 4.69) is 26.9 Å². The van der Waals surface area contributed by atoms with Crippen LogP contribution in [0.15, 0.2) is 29.4 Å². The zero-order chi connectivity index (χ0) is 18.4. The van der Waals surface area contributed by atoms with Crippen LogP contribution in [-0.4, -0.2) is 44.5 Å². The van der Waals surface area contributed by atoms with Gasteiger partial charge >= 0.3 is 0 Å². The predicted molar refractivity (Wildman–Crippen MR) is 93.4 cm³/mol. The highest BCUT2D eigenvalue weighted by Gasteiger charge is 2.30. The number of hydrogen-bond donors (Lipinski definition) is 1. The summed E-state index contributed by atoms with van der Waals surface area (Å²) >= 11 is 1.20. The smallest absolute Gasteiger partial charge is 0.231 e. The average molecular weight is 360 g/mol. The molecule has 0 radical (unpaired) electrons. The van der Waals surface area contributed by atoms with E-state index in [4.69, 9.17) is 4.74 Å². The lowest BCUT2D eigenvalue weighted by Crippen LogP contribution is -2.49. The molecule has 2 aromatic rings. The van der Waals surface area contributed by atoms with Crippen molar-refractivity contribution in [3.63, 3.8) is 0 Å². The summed E-state index contributed by atoms with van der Waals surface area (Å²) in [5.74, 6) is 0.596. The Morgan fingerprint density at radius 2 is 2.12 bits per heavy atom. The molecule has 2 rings (SSSR count). The van der Waals surface area contributed by atoms with Crippen molar-refractivity contribution in [2.75, 3.05) is 12.9 Å². The number of carbonyl (C=O) groups excluding carboxylic acids is 1. The lowest BCUT2D eigenvalue weighted by atomic mass is 9.90. The van der Waals surface area contributed by atoms with Crippen molar-refractivity contribution in [3.8, 4) is 17.5 Å². The van der Waals surface area contributed by atoms with Gasteiger partial charge in [-0.05, 0) is 47.5 Å². The Labute approximate surface area is 150 Å². The zero-order valence-corrected chi connectivity index (χ0v) is 15.4. The molecule has 132 valence electrons. The van der Waals surface area contributed by atoms with Crippen LogP contribution in [0.2, 0.25) is 0 Å². The number of nitrogens with one attached hydrogen (secondary N) is 1. The van der Waals surface area contributed by atoms with E-state index in [9.17, 15) is 10.1 Å². The molecule has 0 fully saturated rings. The minimum atomic E-state index is -0.903. The zero-order valence-electron chi connectivity index (χ0n) is 14.6. The van der Waals surface area contributed by atoms with Gasteiger partial charge < -0.3 is 10.1 Å². The number of methoxy groups -OCH3 is 1. The van der Waals surface area contributed by atoms with Crippen LogP contribution in [0.25, 0.3) is 5.69 Å². The van der Waals surface area contributed by atoms with Gasteiger partial charge in [0.15, 0.2) is 0 Å². The Kier molecular flexibility index (Phi) is 5.98. The molecule has 0 saturated carbocycles. The fourth-order valence-electron chi connectivity index (χ4n) is 1.91. The van der Waals surface area contributed by atoms with E-state index < -0.39 is 5.54 Å². The highest BCUT2D eigenvalue weighted by molar-refractivity contribution is 7.99. The van der Waals surface area contributed by atoms with Gasteiger partial charge in [-0.1, -0.05) is 25.6 Å². The standard InChI is InChI=1S/C16H20N6O2S/c1-11(2)16(3,10-17)18-14(23)9-25-15-19-20-21-22(15)12-5-7-13(24-4)8-6-12/h5-8,11H,9H2,1-4H3,(H,18,23)/t16-/m1/s1. The fraction of sp³-hybridized carbons (Fsp3) is 0.438. The van der Waals surface area contributed by atoms with E-state index in [0.717, 1.165) is 11.4 Å². The van der Waals surface area contributed by atoms with Gasteiger partial charge in [0.25, 0.3) is 0 Å². The maximum absolute atomic E-state index is 12.2. The Morgan fingerprint density at radius 1 is 1.44 bits per heavy atom. The van der Waals surface area contributed by atoms with Crippen LogP contribution in [0.5, 0.6) is 5.75 Å². The predicted octanol–water partition coefficient (Wildman–Crippen LogP) is 1.82. The quantitative estimate of drug-likeness (QED) is 0.751. The molecule has 8 nitrogen and oxygen atoms in total. The fourth-order valence-corrected chi connectivity index (χ4v) is 2.60. The number of aromatic nitrogens is 4. The molecule has 0 aliphatic heterocycles. The van der Waals surface area contributed by atoms with E-state index in [1.165, 1.54) is 11.8 Å². The van der Waals surface area contributed by atoms with Crippen LogP contribution in [-0.2, 0) is 4.79 Å². The first-order chi connectivity index (χ1) is 11.9. The summed E-state index contributed by atoms with van der Waals surface area (Å²) in [6.45, 7) is 5.49. The highest BCUT2D eigenvalue weighted by Crippen LogP contribution is 2.21. The topological polar surface area (TPSA) is 106 Å². The minimum Gasteiger partial charge on any atom is -0.497 e. The molecule has 0 spiro atoms. The summed E-state index contributed by atoms with van der Waals surface area (Å²) in [7, 11) is 1.60. The Bertz CT molecular complexity index is 768. The third kappa shape index (κ3) is 4.48. The van der Waals surface area contributed by atoms with Gasteiger partial charge in [-0.2, -0.15) is 9.94 Å². The van der Waals surface area contributed by atoms with Crippen LogP contribution in [0.3, 0.4) is 0 Å². The number of rotatable bonds is 7. The summed E-state index contributed by atoms with van der Waals surface area (Å²) in [5.41, 5.74) is -0.141. The molecule has 1 N–H and O–H groups in total. The largest absolute Gasteiger partial charge is 0.497 e. The van der Waals surface area contributed by atoms with E-state index in [1.807, 2.05) is 26.0 Å². The molecule has 0 aliphatic carbocycles. The second-order valence-electron chi connectivity index (χ2n) is 5.88. The second-order valence-corrected chi connectivity index (χ2v) is 6.82. The first-order valence-corrected chi connectivity index (χ1v) is 8.66. The molecule has 1 aromatic heterocycles. The Morgan fingerprint density at radius 3 is 2.68 bits per heavy atom. The van der Waals surface area contributed by atoms with Crippen molar-refractivity contribution in [2.24, 2.45) is 5.92 Å². The lowest BCUT2D eigenvalue weighted by Gasteiger charge is -2.27. The van der Waals surface area contributed by atoms with Gasteiger partial charge in [0.1, 0.15) is 11.3 Å². The molecule has 1 aromatic carbocycles. The van der Waals surface area contributed by atoms with Crippen LogP contribution in [0.4, 0.5) is 0 Å². The number of carbonyl (C=O) groups is 1. The Hall–Kier alpha value is -2.60. The normalized spacial score (nSPS) is 13.1. The summed E-state index contributed by atoms with van der Waals surface area (Å²) in [4.78, 5) is 12.2. The average Bonchev–Trinajstić information content (AvgIpc) is 3.08. The van der Waals surface area contributed by atoms with Crippen molar-refractivity contribution in [3.05, 3.63) is 24.3 Å². The highest BCUT2D eigenvalue weighted by atomic mass is 32.2. The third-order valence-electron chi connectivity index (χ3n) is 3.88. The number of nitrogens with zero attached hydrogens (tertiary/aromatic N) is 5. The van der Waals surface area contributed by atoms with Crippen LogP contribution in [0.1, 0.15) is 20.8 Å². The maximum Gasteiger partial charge on any atom is 0.231 e. The summed E-state index contributed by atoms with van der Waals surface area (Å²) in [6, 6.07) is 9.41. The number of thioether (sulfide) groups is 1. The number of ether oxygens (including phenoxy) is 1. The summed E-state index contributed by atoms with van der Waals surface area (Å²) in [5, 5.41) is 24.1. The van der Waals surface area contributed by atoms with Crippen molar-refractivity contribution in [2.45, 2.75) is 31.5 Å². The first-order valence-electron chi connectivity index (χ1n) is 7.67. The number of amides is 1. The van der Waals surface area contributed by atoms with E-state index in [1.54, 1.807) is 30.8 Å². The minimum absolute atomic E-state index is 0.00364. The third-order valence-corrected chi connectivity index (χ3v) is 4.80. The molecule has 1 heterocycles. The summed E-state index contributed by atoms with van der Waals surface area (Å²) in [6.07, 6.45) is 0. The maximum atomic E-state index is 12.2. The van der Waals surface area contributed by atoms with Crippen molar-refractivity contribution in [1.82, 2.24) is 25.5 Å². The lowest BCUT2D eigenvalue weighted by molar-refractivity contribution is -0.120. The van der Waals surface area contributed by atoms with Gasteiger partial charge in [0.05, 0.1) is 24.6 Å². The van der Waals surface area contributed by atoms with Crippen LogP contribution in [0, 0.1) is 17.2 Å². The molecule has 0 saturated heterocycles. The molecular formula is C16H20N6O2S. The Balaban J connectivity index is 2.04. The van der Waals surface area contributed by atoms with Gasteiger partial charge in [0, 0.05) is 0 Å². The van der Waals surface area contributed by atoms with Gasteiger partial charge in [-0.3, -0.25) is 4.79 Å². The molecule has 9 heteroatoms.